The van der Waals surface area contributed by atoms with Crippen LogP contribution >= 0.6 is 0 Å². The Morgan fingerprint density at radius 2 is 1.62 bits per heavy atom. The van der Waals surface area contributed by atoms with Gasteiger partial charge in [-0.2, -0.15) is 8.78 Å². The fourth-order valence-corrected chi connectivity index (χ4v) is 6.39. The molecule has 0 radical (unpaired) electrons. The molecule has 2 N–H and O–H groups in total. The maximum absolute atomic E-state index is 15.6. The van der Waals surface area contributed by atoms with Crippen LogP contribution in [0.3, 0.4) is 0 Å². The Kier molecular flexibility index (Phi) is 10.5. The van der Waals surface area contributed by atoms with Crippen LogP contribution < -0.4 is 24.4 Å². The van der Waals surface area contributed by atoms with Crippen LogP contribution in [-0.2, 0) is 4.79 Å². The van der Waals surface area contributed by atoms with Crippen molar-refractivity contribution in [1.29, 1.82) is 0 Å². The van der Waals surface area contributed by atoms with Crippen LogP contribution in [0.25, 0.3) is 0 Å². The molecule has 0 saturated carbocycles. The monoisotopic (exact) mass is 660 g/mol. The number of aliphatic hydroxyl groups is 1. The first-order chi connectivity index (χ1) is 22.5. The number of aliphatic hydroxyl groups excluding tert-OH is 1. The number of nitrogens with one attached hydrogen (secondary N) is 1. The molecule has 0 spiro atoms. The van der Waals surface area contributed by atoms with Crippen molar-refractivity contribution in [3.05, 3.63) is 77.0 Å². The van der Waals surface area contributed by atoms with E-state index in [1.807, 2.05) is 0 Å². The lowest BCUT2D eigenvalue weighted by atomic mass is 9.87. The van der Waals surface area contributed by atoms with Crippen LogP contribution in [0.1, 0.15) is 53.2 Å². The SMILES string of the molecule is COc1cc(C2CCN(CCO)CC2)nc(N2C(=O)C(NC(=O)c3ccc(OC(F)F)cc3)[C@H](c3c(F)cc(OC)cc3F)[C@@H]2C)c1. The number of benzene rings is 2. The van der Waals surface area contributed by atoms with Gasteiger partial charge in [0.1, 0.15) is 40.7 Å². The number of methoxy groups -OCH3 is 2. The van der Waals surface area contributed by atoms with Crippen molar-refractivity contribution in [1.82, 2.24) is 15.2 Å². The molecule has 2 aliphatic heterocycles. The van der Waals surface area contributed by atoms with Gasteiger partial charge in [0, 0.05) is 65.5 Å². The molecule has 2 aliphatic rings. The molecule has 10 nitrogen and oxygen atoms in total. The highest BCUT2D eigenvalue weighted by Gasteiger charge is 2.50. The summed E-state index contributed by atoms with van der Waals surface area (Å²) in [6.07, 6.45) is 1.52. The van der Waals surface area contributed by atoms with Crippen molar-refractivity contribution in [2.24, 2.45) is 0 Å². The minimum atomic E-state index is -3.06. The van der Waals surface area contributed by atoms with Gasteiger partial charge >= 0.3 is 6.61 Å². The average molecular weight is 661 g/mol. The highest BCUT2D eigenvalue weighted by Crippen LogP contribution is 2.42. The van der Waals surface area contributed by atoms with Gasteiger partial charge in [-0.25, -0.2) is 13.8 Å². The Morgan fingerprint density at radius 1 is 1.00 bits per heavy atom. The lowest BCUT2D eigenvalue weighted by Crippen LogP contribution is -2.44. The molecule has 2 saturated heterocycles. The molecule has 1 unspecified atom stereocenters. The maximum atomic E-state index is 15.6. The normalized spacial score (nSPS) is 20.5. The largest absolute Gasteiger partial charge is 0.497 e. The van der Waals surface area contributed by atoms with Crippen molar-refractivity contribution in [2.75, 3.05) is 45.4 Å². The minimum Gasteiger partial charge on any atom is -0.497 e. The van der Waals surface area contributed by atoms with Gasteiger partial charge in [-0.05, 0) is 57.1 Å². The molecular weight excluding hydrogens is 624 g/mol. The number of aromatic nitrogens is 1. The van der Waals surface area contributed by atoms with E-state index >= 15 is 8.78 Å². The van der Waals surface area contributed by atoms with E-state index in [1.54, 1.807) is 19.1 Å². The third-order valence-electron chi connectivity index (χ3n) is 8.75. The Bertz CT molecular complexity index is 1560. The molecule has 2 fully saturated rings. The number of rotatable bonds is 11. The lowest BCUT2D eigenvalue weighted by molar-refractivity contribution is -0.118. The minimum absolute atomic E-state index is 0.00859. The Balaban J connectivity index is 1.51. The molecule has 2 amide bonds. The van der Waals surface area contributed by atoms with Gasteiger partial charge < -0.3 is 29.5 Å². The summed E-state index contributed by atoms with van der Waals surface area (Å²) in [7, 11) is 2.74. The van der Waals surface area contributed by atoms with E-state index in [-0.39, 0.29) is 35.4 Å². The zero-order chi connectivity index (χ0) is 33.8. The molecule has 0 aliphatic carbocycles. The van der Waals surface area contributed by atoms with Crippen molar-refractivity contribution in [3.8, 4) is 17.2 Å². The van der Waals surface area contributed by atoms with Gasteiger partial charge in [-0.3, -0.25) is 14.5 Å². The molecule has 5 rings (SSSR count). The highest BCUT2D eigenvalue weighted by molar-refractivity contribution is 6.05. The number of alkyl halides is 2. The van der Waals surface area contributed by atoms with Crippen LogP contribution in [-0.4, -0.2) is 86.0 Å². The number of nitrogens with zero attached hydrogens (tertiary/aromatic N) is 3. The van der Waals surface area contributed by atoms with Crippen molar-refractivity contribution in [2.45, 2.75) is 50.3 Å². The van der Waals surface area contributed by atoms with Gasteiger partial charge in [0.2, 0.25) is 0 Å². The third kappa shape index (κ3) is 7.28. The number of anilines is 1. The zero-order valence-corrected chi connectivity index (χ0v) is 26.1. The number of pyridine rings is 1. The summed E-state index contributed by atoms with van der Waals surface area (Å²) in [4.78, 5) is 35.9. The number of hydrogen-bond acceptors (Lipinski definition) is 8. The van der Waals surface area contributed by atoms with Gasteiger partial charge in [0.05, 0.1) is 20.8 Å². The number of halogens is 4. The zero-order valence-electron chi connectivity index (χ0n) is 26.1. The number of amides is 2. The molecule has 0 bridgehead atoms. The van der Waals surface area contributed by atoms with E-state index in [1.165, 1.54) is 43.4 Å². The average Bonchev–Trinajstić information content (AvgIpc) is 3.29. The molecule has 252 valence electrons. The topological polar surface area (TPSA) is 113 Å². The van der Waals surface area contributed by atoms with Crippen LogP contribution in [0, 0.1) is 11.6 Å². The smallest absolute Gasteiger partial charge is 0.387 e. The highest BCUT2D eigenvalue weighted by atomic mass is 19.3. The second kappa shape index (κ2) is 14.6. The summed E-state index contributed by atoms with van der Waals surface area (Å²) < 4.78 is 71.3. The summed E-state index contributed by atoms with van der Waals surface area (Å²) >= 11 is 0. The van der Waals surface area contributed by atoms with Gasteiger partial charge in [0.25, 0.3) is 11.8 Å². The van der Waals surface area contributed by atoms with Crippen molar-refractivity contribution in [3.63, 3.8) is 0 Å². The molecule has 3 atom stereocenters. The van der Waals surface area contributed by atoms with Crippen molar-refractivity contribution < 1.29 is 46.5 Å². The molecule has 1 aromatic heterocycles. The standard InChI is InChI=1S/C33H36F4N4O6/c1-18-28(29-24(34)14-22(45-2)15-25(29)35)30(39-31(43)20-4-6-21(7-5-20)47-33(36)37)32(44)41(18)27-17-23(46-3)16-26(38-27)19-8-10-40(11-9-19)12-13-42/h4-7,14-19,28,30,33,42H,8-13H2,1-3H3,(H,39,43)/t18-,28-,30?/m0/s1. The molecule has 14 heteroatoms. The number of ether oxygens (including phenoxy) is 3. The van der Waals surface area contributed by atoms with E-state index in [0.717, 1.165) is 38.1 Å². The molecule has 2 aromatic carbocycles. The maximum Gasteiger partial charge on any atom is 0.387 e. The molecule has 3 aromatic rings. The van der Waals surface area contributed by atoms with E-state index in [2.05, 4.69) is 15.0 Å². The fraction of sp³-hybridized carbons (Fsp3) is 0.424. The summed E-state index contributed by atoms with van der Waals surface area (Å²) in [6, 6.07) is 7.83. The van der Waals surface area contributed by atoms with E-state index < -0.39 is 53.6 Å². The van der Waals surface area contributed by atoms with Gasteiger partial charge in [0.15, 0.2) is 0 Å². The predicted molar refractivity (Wildman–Crippen MR) is 163 cm³/mol. The van der Waals surface area contributed by atoms with Crippen LogP contribution in [0.5, 0.6) is 17.2 Å². The fourth-order valence-electron chi connectivity index (χ4n) is 6.39. The van der Waals surface area contributed by atoms with Gasteiger partial charge in [-0.1, -0.05) is 0 Å². The van der Waals surface area contributed by atoms with E-state index in [0.29, 0.717) is 18.0 Å². The summed E-state index contributed by atoms with van der Waals surface area (Å²) in [5.41, 5.74) is 0.272. The Labute approximate surface area is 269 Å². The van der Waals surface area contributed by atoms with E-state index in [9.17, 15) is 23.5 Å². The number of piperidine rings is 1. The lowest BCUT2D eigenvalue weighted by Gasteiger charge is -2.32. The molecule has 47 heavy (non-hydrogen) atoms. The van der Waals surface area contributed by atoms with Crippen LogP contribution in [0.4, 0.5) is 23.4 Å². The first-order valence-electron chi connectivity index (χ1n) is 15.2. The quantitative estimate of drug-likeness (QED) is 0.290. The number of carbonyl (C=O) groups is 2. The summed E-state index contributed by atoms with van der Waals surface area (Å²) in [5.74, 6) is -4.14. The molecule has 3 heterocycles. The summed E-state index contributed by atoms with van der Waals surface area (Å²) in [5, 5.41) is 11.9. The van der Waals surface area contributed by atoms with Crippen LogP contribution in [0.2, 0.25) is 0 Å². The second-order valence-electron chi connectivity index (χ2n) is 11.5. The Morgan fingerprint density at radius 3 is 2.19 bits per heavy atom. The number of hydrogen-bond donors (Lipinski definition) is 2. The number of likely N-dealkylation sites (tertiary alicyclic amines) is 1. The predicted octanol–water partition coefficient (Wildman–Crippen LogP) is 4.47. The first-order valence-corrected chi connectivity index (χ1v) is 15.2. The second-order valence-corrected chi connectivity index (χ2v) is 11.5. The van der Waals surface area contributed by atoms with Gasteiger partial charge in [-0.15, -0.1) is 0 Å². The first kappa shape index (κ1) is 33.9. The summed E-state index contributed by atoms with van der Waals surface area (Å²) in [6.45, 7) is 0.693. The number of β-amino-alcohol motifs (C(OH)–C–C–N with tert-alkyl or cyclic N) is 1. The van der Waals surface area contributed by atoms with Crippen LogP contribution in [0.15, 0.2) is 48.5 Å². The van der Waals surface area contributed by atoms with Crippen molar-refractivity contribution >= 4 is 17.6 Å². The third-order valence-corrected chi connectivity index (χ3v) is 8.75. The molecular formula is C33H36F4N4O6. The Hall–Kier alpha value is -4.43. The van der Waals surface area contributed by atoms with E-state index in [4.69, 9.17) is 14.5 Å². The number of carbonyl (C=O) groups excluding carboxylic acids is 2.